The first-order valence-electron chi connectivity index (χ1n) is 6.66. The van der Waals surface area contributed by atoms with Crippen molar-refractivity contribution in [2.45, 2.75) is 31.8 Å². The maximum atomic E-state index is 12.4. The highest BCUT2D eigenvalue weighted by Gasteiger charge is 2.37. The summed E-state index contributed by atoms with van der Waals surface area (Å²) in [7, 11) is 1.73. The van der Waals surface area contributed by atoms with Crippen LogP contribution in [-0.2, 0) is 11.3 Å². The number of carbonyl (C=O) groups is 1. The molecule has 1 N–H and O–H groups in total. The number of likely N-dealkylation sites (N-methyl/N-ethyl adjacent to an activating group) is 1. The molecular weight excluding hydrogens is 258 g/mol. The minimum absolute atomic E-state index is 0.0292. The van der Waals surface area contributed by atoms with E-state index < -0.39 is 10.5 Å². The summed E-state index contributed by atoms with van der Waals surface area (Å²) in [6, 6.07) is 6.39. The van der Waals surface area contributed by atoms with Crippen LogP contribution in [0, 0.1) is 10.1 Å². The van der Waals surface area contributed by atoms with Crippen molar-refractivity contribution < 1.29 is 9.72 Å². The lowest BCUT2D eigenvalue weighted by Crippen LogP contribution is -2.51. The molecule has 1 atom stereocenters. The van der Waals surface area contributed by atoms with Crippen molar-refractivity contribution in [1.82, 2.24) is 10.2 Å². The van der Waals surface area contributed by atoms with Crippen molar-refractivity contribution >= 4 is 11.6 Å². The van der Waals surface area contributed by atoms with Crippen LogP contribution in [0.3, 0.4) is 0 Å². The SMILES string of the molecule is CN(Cc1cccc([N+](=O)[O-])c1)C(=O)C1(C)CCCN1. The molecule has 1 unspecified atom stereocenters. The van der Waals surface area contributed by atoms with Gasteiger partial charge in [0.2, 0.25) is 5.91 Å². The fraction of sp³-hybridized carbons (Fsp3) is 0.500. The highest BCUT2D eigenvalue weighted by Crippen LogP contribution is 2.22. The van der Waals surface area contributed by atoms with Gasteiger partial charge in [0, 0.05) is 25.7 Å². The Hall–Kier alpha value is -1.95. The summed E-state index contributed by atoms with van der Waals surface area (Å²) < 4.78 is 0. The molecular formula is C14H19N3O3. The summed E-state index contributed by atoms with van der Waals surface area (Å²) in [6.07, 6.45) is 1.82. The predicted octanol–water partition coefficient (Wildman–Crippen LogP) is 1.70. The summed E-state index contributed by atoms with van der Waals surface area (Å²) in [5.74, 6) is 0.0292. The van der Waals surface area contributed by atoms with Crippen LogP contribution in [0.1, 0.15) is 25.3 Å². The van der Waals surface area contributed by atoms with Crippen LogP contribution >= 0.6 is 0 Å². The number of rotatable bonds is 4. The molecule has 6 heteroatoms. The zero-order chi connectivity index (χ0) is 14.8. The molecule has 1 heterocycles. The first-order valence-corrected chi connectivity index (χ1v) is 6.66. The summed E-state index contributed by atoms with van der Waals surface area (Å²) in [6.45, 7) is 3.14. The van der Waals surface area contributed by atoms with Crippen molar-refractivity contribution in [2.24, 2.45) is 0 Å². The second-order valence-electron chi connectivity index (χ2n) is 5.45. The molecule has 0 spiro atoms. The van der Waals surface area contributed by atoms with Crippen molar-refractivity contribution in [3.63, 3.8) is 0 Å². The van der Waals surface area contributed by atoms with Gasteiger partial charge < -0.3 is 10.2 Å². The van der Waals surface area contributed by atoms with Gasteiger partial charge in [-0.1, -0.05) is 12.1 Å². The molecule has 20 heavy (non-hydrogen) atoms. The van der Waals surface area contributed by atoms with Gasteiger partial charge in [-0.2, -0.15) is 0 Å². The second-order valence-corrected chi connectivity index (χ2v) is 5.45. The Morgan fingerprint density at radius 2 is 2.30 bits per heavy atom. The van der Waals surface area contributed by atoms with Gasteiger partial charge in [-0.15, -0.1) is 0 Å². The Morgan fingerprint density at radius 1 is 1.55 bits per heavy atom. The maximum absolute atomic E-state index is 12.4. The van der Waals surface area contributed by atoms with Crippen LogP contribution in [-0.4, -0.2) is 34.9 Å². The average Bonchev–Trinajstić information content (AvgIpc) is 2.86. The van der Waals surface area contributed by atoms with E-state index in [9.17, 15) is 14.9 Å². The highest BCUT2D eigenvalue weighted by atomic mass is 16.6. The molecule has 1 aliphatic rings. The summed E-state index contributed by atoms with van der Waals surface area (Å²) in [5, 5.41) is 14.0. The minimum atomic E-state index is -0.505. The van der Waals surface area contributed by atoms with E-state index in [1.54, 1.807) is 24.1 Å². The van der Waals surface area contributed by atoms with Crippen LogP contribution in [0.4, 0.5) is 5.69 Å². The van der Waals surface area contributed by atoms with Gasteiger partial charge in [-0.25, -0.2) is 0 Å². The van der Waals surface area contributed by atoms with Crippen molar-refractivity contribution in [2.75, 3.05) is 13.6 Å². The molecule has 0 bridgehead atoms. The first kappa shape index (κ1) is 14.5. The smallest absolute Gasteiger partial charge is 0.269 e. The van der Waals surface area contributed by atoms with Gasteiger partial charge in [-0.05, 0) is 31.9 Å². The second kappa shape index (κ2) is 5.58. The average molecular weight is 277 g/mol. The van der Waals surface area contributed by atoms with E-state index in [4.69, 9.17) is 0 Å². The molecule has 1 aromatic rings. The van der Waals surface area contributed by atoms with Crippen LogP contribution in [0.25, 0.3) is 0 Å². The number of non-ortho nitro benzene ring substituents is 1. The van der Waals surface area contributed by atoms with E-state index in [2.05, 4.69) is 5.32 Å². The third-order valence-corrected chi connectivity index (χ3v) is 3.73. The molecule has 108 valence electrons. The highest BCUT2D eigenvalue weighted by molar-refractivity contribution is 5.86. The fourth-order valence-corrected chi connectivity index (χ4v) is 2.61. The van der Waals surface area contributed by atoms with Crippen molar-refractivity contribution in [3.05, 3.63) is 39.9 Å². The van der Waals surface area contributed by atoms with E-state index in [0.29, 0.717) is 6.54 Å². The summed E-state index contributed by atoms with van der Waals surface area (Å²) in [4.78, 5) is 24.4. The number of nitro groups is 1. The van der Waals surface area contributed by atoms with Gasteiger partial charge in [0.25, 0.3) is 5.69 Å². The topological polar surface area (TPSA) is 75.5 Å². The molecule has 1 saturated heterocycles. The third kappa shape index (κ3) is 2.96. The monoisotopic (exact) mass is 277 g/mol. The predicted molar refractivity (Wildman–Crippen MR) is 75.2 cm³/mol. The van der Waals surface area contributed by atoms with Crippen LogP contribution in [0.15, 0.2) is 24.3 Å². The number of nitrogens with zero attached hydrogens (tertiary/aromatic N) is 2. The van der Waals surface area contributed by atoms with Crippen LogP contribution in [0.5, 0.6) is 0 Å². The lowest BCUT2D eigenvalue weighted by Gasteiger charge is -2.29. The fourth-order valence-electron chi connectivity index (χ4n) is 2.61. The number of hydrogen-bond donors (Lipinski definition) is 1. The molecule has 1 aliphatic heterocycles. The zero-order valence-electron chi connectivity index (χ0n) is 11.8. The Labute approximate surface area is 117 Å². The van der Waals surface area contributed by atoms with Gasteiger partial charge in [0.15, 0.2) is 0 Å². The summed E-state index contributed by atoms with van der Waals surface area (Å²) in [5.41, 5.74) is 0.306. The van der Waals surface area contributed by atoms with Gasteiger partial charge in [0.1, 0.15) is 0 Å². The normalized spacial score (nSPS) is 21.7. The Morgan fingerprint density at radius 3 is 2.90 bits per heavy atom. The molecule has 0 aliphatic carbocycles. The van der Waals surface area contributed by atoms with Crippen LogP contribution < -0.4 is 5.32 Å². The molecule has 1 fully saturated rings. The largest absolute Gasteiger partial charge is 0.340 e. The van der Waals surface area contributed by atoms with Gasteiger partial charge in [0.05, 0.1) is 10.5 Å². The van der Waals surface area contributed by atoms with Gasteiger partial charge >= 0.3 is 0 Å². The number of benzene rings is 1. The zero-order valence-corrected chi connectivity index (χ0v) is 11.8. The number of hydrogen-bond acceptors (Lipinski definition) is 4. The Balaban J connectivity index is 2.07. The number of nitrogens with one attached hydrogen (secondary N) is 1. The van der Waals surface area contributed by atoms with E-state index in [1.807, 2.05) is 6.92 Å². The first-order chi connectivity index (χ1) is 9.42. The standard InChI is InChI=1S/C14H19N3O3/c1-14(7-4-8-15-14)13(18)16(2)10-11-5-3-6-12(9-11)17(19)20/h3,5-6,9,15H,4,7-8,10H2,1-2H3. The van der Waals surface area contributed by atoms with Crippen molar-refractivity contribution in [3.8, 4) is 0 Å². The lowest BCUT2D eigenvalue weighted by atomic mass is 9.98. The summed E-state index contributed by atoms with van der Waals surface area (Å²) >= 11 is 0. The van der Waals surface area contributed by atoms with Crippen molar-refractivity contribution in [1.29, 1.82) is 0 Å². The van der Waals surface area contributed by atoms with E-state index in [-0.39, 0.29) is 11.6 Å². The number of carbonyl (C=O) groups excluding carboxylic acids is 1. The third-order valence-electron chi connectivity index (χ3n) is 3.73. The van der Waals surface area contributed by atoms with E-state index in [1.165, 1.54) is 12.1 Å². The van der Waals surface area contributed by atoms with E-state index in [0.717, 1.165) is 24.9 Å². The lowest BCUT2D eigenvalue weighted by molar-refractivity contribution is -0.384. The number of nitro benzene ring substituents is 1. The Kier molecular flexibility index (Phi) is 4.04. The molecule has 0 saturated carbocycles. The molecule has 6 nitrogen and oxygen atoms in total. The molecule has 1 aromatic carbocycles. The molecule has 1 amide bonds. The molecule has 0 aromatic heterocycles. The minimum Gasteiger partial charge on any atom is -0.340 e. The maximum Gasteiger partial charge on any atom is 0.269 e. The van der Waals surface area contributed by atoms with Crippen LogP contribution in [0.2, 0.25) is 0 Å². The Bertz CT molecular complexity index is 524. The van der Waals surface area contributed by atoms with Gasteiger partial charge in [-0.3, -0.25) is 14.9 Å². The quantitative estimate of drug-likeness (QED) is 0.671. The molecule has 2 rings (SSSR count). The molecule has 0 radical (unpaired) electrons. The number of amides is 1. The van der Waals surface area contributed by atoms with E-state index >= 15 is 0 Å².